The first kappa shape index (κ1) is 24.3. The average molecular weight is 439 g/mol. The van der Waals surface area contributed by atoms with Crippen LogP contribution in [0.15, 0.2) is 5.38 Å². The number of carbonyl (C=O) groups excluding carboxylic acids is 3. The third kappa shape index (κ3) is 8.39. The van der Waals surface area contributed by atoms with E-state index in [1.54, 1.807) is 17.4 Å². The van der Waals surface area contributed by atoms with Crippen LogP contribution in [-0.4, -0.2) is 61.0 Å². The first-order chi connectivity index (χ1) is 14.5. The van der Waals surface area contributed by atoms with Crippen molar-refractivity contribution in [1.82, 2.24) is 15.2 Å². The maximum absolute atomic E-state index is 12.9. The second-order valence-electron chi connectivity index (χ2n) is 7.66. The van der Waals surface area contributed by atoms with Crippen molar-refractivity contribution >= 4 is 34.2 Å². The first-order valence-corrected chi connectivity index (χ1v) is 11.7. The number of ether oxygens (including phenoxy) is 1. The van der Waals surface area contributed by atoms with Crippen molar-refractivity contribution < 1.29 is 19.1 Å². The summed E-state index contributed by atoms with van der Waals surface area (Å²) >= 11 is 1.28. The number of nitrogens with one attached hydrogen (secondary N) is 2. The minimum absolute atomic E-state index is 0.00101. The van der Waals surface area contributed by atoms with Gasteiger partial charge in [0.1, 0.15) is 6.54 Å². The van der Waals surface area contributed by atoms with Crippen molar-refractivity contribution in [3.05, 3.63) is 11.1 Å². The maximum Gasteiger partial charge on any atom is 0.245 e. The van der Waals surface area contributed by atoms with E-state index >= 15 is 0 Å². The number of thiazole rings is 1. The summed E-state index contributed by atoms with van der Waals surface area (Å²) in [7, 11) is 1.58. The van der Waals surface area contributed by atoms with E-state index in [4.69, 9.17) is 4.74 Å². The molecule has 0 radical (unpaired) electrons. The van der Waals surface area contributed by atoms with Crippen molar-refractivity contribution in [3.8, 4) is 0 Å². The lowest BCUT2D eigenvalue weighted by atomic mass is 9.88. The number of unbranched alkanes of at least 4 members (excludes halogenated alkanes) is 1. The molecule has 1 aliphatic carbocycles. The lowest BCUT2D eigenvalue weighted by Gasteiger charge is -2.28. The molecule has 1 aromatic rings. The van der Waals surface area contributed by atoms with Gasteiger partial charge in [0.25, 0.3) is 0 Å². The molecule has 0 bridgehead atoms. The molecule has 2 N–H and O–H groups in total. The van der Waals surface area contributed by atoms with Crippen LogP contribution in [0.3, 0.4) is 0 Å². The van der Waals surface area contributed by atoms with E-state index in [0.717, 1.165) is 38.5 Å². The first-order valence-electron chi connectivity index (χ1n) is 10.8. The number of hydrogen-bond acceptors (Lipinski definition) is 6. The van der Waals surface area contributed by atoms with Gasteiger partial charge in [-0.05, 0) is 19.3 Å². The number of anilines is 1. The van der Waals surface area contributed by atoms with E-state index < -0.39 is 0 Å². The molecule has 30 heavy (non-hydrogen) atoms. The van der Waals surface area contributed by atoms with Gasteiger partial charge in [-0.25, -0.2) is 4.98 Å². The monoisotopic (exact) mass is 438 g/mol. The predicted octanol–water partition coefficient (Wildman–Crippen LogP) is 2.60. The van der Waals surface area contributed by atoms with Gasteiger partial charge in [-0.1, -0.05) is 32.6 Å². The lowest BCUT2D eigenvalue weighted by Crippen LogP contribution is -2.43. The van der Waals surface area contributed by atoms with Crippen LogP contribution in [0, 0.1) is 5.92 Å². The van der Waals surface area contributed by atoms with Gasteiger partial charge in [0, 0.05) is 31.5 Å². The summed E-state index contributed by atoms with van der Waals surface area (Å²) in [5.41, 5.74) is 0.624. The number of methoxy groups -OCH3 is 1. The summed E-state index contributed by atoms with van der Waals surface area (Å²) in [5.74, 6) is -0.328. The van der Waals surface area contributed by atoms with Crippen LogP contribution in [0.2, 0.25) is 0 Å². The van der Waals surface area contributed by atoms with Gasteiger partial charge in [-0.2, -0.15) is 0 Å². The second-order valence-corrected chi connectivity index (χ2v) is 8.52. The molecular weight excluding hydrogens is 404 g/mol. The Hall–Kier alpha value is -2.00. The van der Waals surface area contributed by atoms with Crippen LogP contribution in [-0.2, 0) is 25.5 Å². The summed E-state index contributed by atoms with van der Waals surface area (Å²) < 4.78 is 5.11. The zero-order valence-corrected chi connectivity index (χ0v) is 18.9. The molecule has 0 unspecified atom stereocenters. The van der Waals surface area contributed by atoms with Crippen LogP contribution >= 0.6 is 11.3 Å². The van der Waals surface area contributed by atoms with Gasteiger partial charge in [-0.15, -0.1) is 11.3 Å². The van der Waals surface area contributed by atoms with Crippen molar-refractivity contribution in [2.24, 2.45) is 5.92 Å². The standard InChI is InChI=1S/C21H34N4O4S/c1-3-4-10-22-18(26)13-17-15-30-21(23-17)24-19(27)14-25(11-12-29-2)20(28)16-8-6-5-7-9-16/h15-16H,3-14H2,1-2H3,(H,22,26)(H,23,24,27). The Balaban J connectivity index is 1.86. The van der Waals surface area contributed by atoms with Gasteiger partial charge in [-0.3, -0.25) is 14.4 Å². The third-order valence-corrected chi connectivity index (χ3v) is 5.96. The highest BCUT2D eigenvalue weighted by Gasteiger charge is 2.27. The average Bonchev–Trinajstić information content (AvgIpc) is 3.17. The van der Waals surface area contributed by atoms with Crippen molar-refractivity contribution in [1.29, 1.82) is 0 Å². The molecule has 0 saturated heterocycles. The Kier molecular flexibility index (Phi) is 10.8. The molecule has 1 fully saturated rings. The van der Waals surface area contributed by atoms with Crippen LogP contribution in [0.1, 0.15) is 57.6 Å². The highest BCUT2D eigenvalue weighted by atomic mass is 32.1. The minimum atomic E-state index is -0.288. The second kappa shape index (κ2) is 13.3. The summed E-state index contributed by atoms with van der Waals surface area (Å²) in [5, 5.41) is 7.82. The Morgan fingerprint density at radius 2 is 2.00 bits per heavy atom. The number of hydrogen-bond donors (Lipinski definition) is 2. The Morgan fingerprint density at radius 1 is 1.23 bits per heavy atom. The van der Waals surface area contributed by atoms with Gasteiger partial charge >= 0.3 is 0 Å². The third-order valence-electron chi connectivity index (χ3n) is 5.16. The molecule has 3 amide bonds. The van der Waals surface area contributed by atoms with E-state index in [-0.39, 0.29) is 36.6 Å². The number of rotatable bonds is 12. The van der Waals surface area contributed by atoms with Crippen LogP contribution in [0.5, 0.6) is 0 Å². The quantitative estimate of drug-likeness (QED) is 0.489. The molecule has 0 spiro atoms. The summed E-state index contributed by atoms with van der Waals surface area (Å²) in [6, 6.07) is 0. The molecule has 0 atom stereocenters. The zero-order valence-electron chi connectivity index (χ0n) is 18.1. The van der Waals surface area contributed by atoms with Crippen molar-refractivity contribution in [2.75, 3.05) is 38.7 Å². The van der Waals surface area contributed by atoms with E-state index in [9.17, 15) is 14.4 Å². The van der Waals surface area contributed by atoms with Crippen LogP contribution in [0.4, 0.5) is 5.13 Å². The molecule has 9 heteroatoms. The number of aromatic nitrogens is 1. The fraction of sp³-hybridized carbons (Fsp3) is 0.714. The summed E-state index contributed by atoms with van der Waals surface area (Å²) in [6.45, 7) is 3.49. The van der Waals surface area contributed by atoms with E-state index in [0.29, 0.717) is 30.5 Å². The molecule has 8 nitrogen and oxygen atoms in total. The highest BCUT2D eigenvalue weighted by Crippen LogP contribution is 2.25. The van der Waals surface area contributed by atoms with Crippen LogP contribution in [0.25, 0.3) is 0 Å². The molecule has 1 aromatic heterocycles. The molecule has 168 valence electrons. The van der Waals surface area contributed by atoms with E-state index in [2.05, 4.69) is 22.5 Å². The van der Waals surface area contributed by atoms with Crippen LogP contribution < -0.4 is 10.6 Å². The van der Waals surface area contributed by atoms with Gasteiger partial charge in [0.05, 0.1) is 18.7 Å². The Morgan fingerprint density at radius 3 is 2.70 bits per heavy atom. The normalized spacial score (nSPS) is 14.3. The SMILES string of the molecule is CCCCNC(=O)Cc1csc(NC(=O)CN(CCOC)C(=O)C2CCCCC2)n1. The summed E-state index contributed by atoms with van der Waals surface area (Å²) in [4.78, 5) is 43.2. The zero-order chi connectivity index (χ0) is 21.8. The molecule has 1 heterocycles. The van der Waals surface area contributed by atoms with Gasteiger partial charge in [0.15, 0.2) is 5.13 Å². The van der Waals surface area contributed by atoms with Crippen molar-refractivity contribution in [2.45, 2.75) is 58.3 Å². The maximum atomic E-state index is 12.9. The topological polar surface area (TPSA) is 101 Å². The number of amides is 3. The van der Waals surface area contributed by atoms with E-state index in [1.165, 1.54) is 17.8 Å². The molecule has 1 saturated carbocycles. The van der Waals surface area contributed by atoms with E-state index in [1.807, 2.05) is 0 Å². The van der Waals surface area contributed by atoms with Gasteiger partial charge in [0.2, 0.25) is 17.7 Å². The summed E-state index contributed by atoms with van der Waals surface area (Å²) in [6.07, 6.45) is 7.24. The Bertz CT molecular complexity index is 688. The predicted molar refractivity (Wildman–Crippen MR) is 117 cm³/mol. The lowest BCUT2D eigenvalue weighted by molar-refractivity contribution is -0.139. The fourth-order valence-electron chi connectivity index (χ4n) is 3.49. The molecule has 2 rings (SSSR count). The smallest absolute Gasteiger partial charge is 0.245 e. The highest BCUT2D eigenvalue weighted by molar-refractivity contribution is 7.13. The molecule has 0 aliphatic heterocycles. The number of nitrogens with zero attached hydrogens (tertiary/aromatic N) is 2. The van der Waals surface area contributed by atoms with Crippen molar-refractivity contribution in [3.63, 3.8) is 0 Å². The van der Waals surface area contributed by atoms with Gasteiger partial charge < -0.3 is 20.3 Å². The largest absolute Gasteiger partial charge is 0.383 e. The number of carbonyl (C=O) groups is 3. The Labute approximate surface area is 182 Å². The molecule has 0 aromatic carbocycles. The molecule has 1 aliphatic rings. The minimum Gasteiger partial charge on any atom is -0.383 e. The molecular formula is C21H34N4O4S. The fourth-order valence-corrected chi connectivity index (χ4v) is 4.21.